The predicted octanol–water partition coefficient (Wildman–Crippen LogP) is 2.41. The summed E-state index contributed by atoms with van der Waals surface area (Å²) in [5, 5.41) is 3.37. The third kappa shape index (κ3) is 3.35. The Hall–Kier alpha value is -1.29. The van der Waals surface area contributed by atoms with Crippen LogP contribution in [-0.2, 0) is 0 Å². The molecule has 1 fully saturated rings. The first-order chi connectivity index (χ1) is 8.66. The summed E-state index contributed by atoms with van der Waals surface area (Å²) in [6.45, 7) is 4.92. The van der Waals surface area contributed by atoms with E-state index in [1.54, 1.807) is 6.20 Å². The molecule has 1 aliphatic rings. The van der Waals surface area contributed by atoms with Crippen LogP contribution in [0.5, 0.6) is 5.75 Å². The van der Waals surface area contributed by atoms with Crippen molar-refractivity contribution in [3.8, 4) is 5.75 Å². The van der Waals surface area contributed by atoms with Crippen LogP contribution in [0.3, 0.4) is 0 Å². The number of nitrogens with two attached hydrogens (primary N) is 1. The van der Waals surface area contributed by atoms with Crippen LogP contribution < -0.4 is 15.8 Å². The van der Waals surface area contributed by atoms with Gasteiger partial charge in [-0.15, -0.1) is 0 Å². The van der Waals surface area contributed by atoms with Crippen LogP contribution in [0.1, 0.15) is 33.1 Å². The number of rotatable bonds is 5. The van der Waals surface area contributed by atoms with Crippen molar-refractivity contribution in [2.24, 2.45) is 11.7 Å². The van der Waals surface area contributed by atoms with Crippen LogP contribution in [0.4, 0.5) is 5.82 Å². The van der Waals surface area contributed by atoms with Gasteiger partial charge in [0.1, 0.15) is 0 Å². The SMILES string of the molecule is CC(C)Oc1cccnc1NCC1CCCC1N. The zero-order valence-electron chi connectivity index (χ0n) is 11.2. The van der Waals surface area contributed by atoms with E-state index in [9.17, 15) is 0 Å². The minimum atomic E-state index is 0.156. The van der Waals surface area contributed by atoms with Crippen molar-refractivity contribution in [3.05, 3.63) is 18.3 Å². The van der Waals surface area contributed by atoms with Crippen molar-refractivity contribution >= 4 is 5.82 Å². The van der Waals surface area contributed by atoms with Gasteiger partial charge in [0.05, 0.1) is 6.10 Å². The first-order valence-electron chi connectivity index (χ1n) is 6.78. The van der Waals surface area contributed by atoms with Gasteiger partial charge in [-0.2, -0.15) is 0 Å². The standard InChI is InChI=1S/C14H23N3O/c1-10(2)18-13-7-4-8-16-14(13)17-9-11-5-3-6-12(11)15/h4,7-8,10-12H,3,5-6,9,15H2,1-2H3,(H,16,17). The Morgan fingerprint density at radius 1 is 1.50 bits per heavy atom. The molecule has 0 bridgehead atoms. The van der Waals surface area contributed by atoms with Gasteiger partial charge in [-0.05, 0) is 44.7 Å². The molecule has 4 nitrogen and oxygen atoms in total. The molecule has 0 radical (unpaired) electrons. The molecule has 0 aromatic carbocycles. The molecule has 2 unspecified atom stereocenters. The number of nitrogens with one attached hydrogen (secondary N) is 1. The number of aromatic nitrogens is 1. The Morgan fingerprint density at radius 3 is 3.00 bits per heavy atom. The van der Waals surface area contributed by atoms with Crippen molar-refractivity contribution in [1.82, 2.24) is 4.98 Å². The Balaban J connectivity index is 1.95. The van der Waals surface area contributed by atoms with Gasteiger partial charge in [0.2, 0.25) is 0 Å². The number of anilines is 1. The number of hydrogen-bond acceptors (Lipinski definition) is 4. The molecular weight excluding hydrogens is 226 g/mol. The predicted molar refractivity (Wildman–Crippen MR) is 73.8 cm³/mol. The Bertz CT molecular complexity index is 381. The number of hydrogen-bond donors (Lipinski definition) is 2. The Labute approximate surface area is 109 Å². The lowest BCUT2D eigenvalue weighted by molar-refractivity contribution is 0.242. The molecule has 4 heteroatoms. The second-order valence-corrected chi connectivity index (χ2v) is 5.25. The lowest BCUT2D eigenvalue weighted by Gasteiger charge is -2.18. The van der Waals surface area contributed by atoms with E-state index in [1.165, 1.54) is 12.8 Å². The van der Waals surface area contributed by atoms with E-state index >= 15 is 0 Å². The fourth-order valence-corrected chi connectivity index (χ4v) is 2.42. The highest BCUT2D eigenvalue weighted by atomic mass is 16.5. The highest BCUT2D eigenvalue weighted by molar-refractivity contribution is 5.49. The molecule has 0 amide bonds. The third-order valence-electron chi connectivity index (χ3n) is 3.38. The summed E-state index contributed by atoms with van der Waals surface area (Å²) in [6, 6.07) is 4.17. The van der Waals surface area contributed by atoms with Crippen LogP contribution in [0.2, 0.25) is 0 Å². The van der Waals surface area contributed by atoms with E-state index < -0.39 is 0 Å². The lowest BCUT2D eigenvalue weighted by Crippen LogP contribution is -2.29. The number of pyridine rings is 1. The molecule has 0 aliphatic heterocycles. The van der Waals surface area contributed by atoms with Crippen molar-refractivity contribution in [3.63, 3.8) is 0 Å². The average molecular weight is 249 g/mol. The Morgan fingerprint density at radius 2 is 2.33 bits per heavy atom. The average Bonchev–Trinajstić information content (AvgIpc) is 2.73. The number of ether oxygens (including phenoxy) is 1. The van der Waals surface area contributed by atoms with Gasteiger partial charge in [0.25, 0.3) is 0 Å². The maximum absolute atomic E-state index is 6.07. The van der Waals surface area contributed by atoms with Gasteiger partial charge in [-0.1, -0.05) is 6.42 Å². The highest BCUT2D eigenvalue weighted by Crippen LogP contribution is 2.26. The van der Waals surface area contributed by atoms with E-state index in [0.717, 1.165) is 24.5 Å². The van der Waals surface area contributed by atoms with Crippen LogP contribution >= 0.6 is 0 Å². The van der Waals surface area contributed by atoms with Gasteiger partial charge in [0, 0.05) is 18.8 Å². The summed E-state index contributed by atoms with van der Waals surface area (Å²) in [4.78, 5) is 4.34. The summed E-state index contributed by atoms with van der Waals surface area (Å²) in [7, 11) is 0. The van der Waals surface area contributed by atoms with Gasteiger partial charge < -0.3 is 15.8 Å². The largest absolute Gasteiger partial charge is 0.487 e. The molecule has 2 rings (SSSR count). The van der Waals surface area contributed by atoms with Gasteiger partial charge in [-0.25, -0.2) is 4.98 Å². The summed E-state index contributed by atoms with van der Waals surface area (Å²) >= 11 is 0. The van der Waals surface area contributed by atoms with E-state index in [1.807, 2.05) is 26.0 Å². The van der Waals surface area contributed by atoms with Crippen molar-refractivity contribution in [1.29, 1.82) is 0 Å². The molecule has 1 heterocycles. The molecule has 1 aliphatic carbocycles. The molecule has 0 spiro atoms. The van der Waals surface area contributed by atoms with E-state index in [4.69, 9.17) is 10.5 Å². The number of nitrogens with zero attached hydrogens (tertiary/aromatic N) is 1. The monoisotopic (exact) mass is 249 g/mol. The van der Waals surface area contributed by atoms with E-state index in [0.29, 0.717) is 12.0 Å². The van der Waals surface area contributed by atoms with E-state index in [2.05, 4.69) is 10.3 Å². The first-order valence-corrected chi connectivity index (χ1v) is 6.78. The van der Waals surface area contributed by atoms with Gasteiger partial charge >= 0.3 is 0 Å². The quantitative estimate of drug-likeness (QED) is 0.841. The molecule has 0 saturated heterocycles. The highest BCUT2D eigenvalue weighted by Gasteiger charge is 2.23. The summed E-state index contributed by atoms with van der Waals surface area (Å²) < 4.78 is 5.73. The second kappa shape index (κ2) is 6.05. The minimum absolute atomic E-state index is 0.156. The fourth-order valence-electron chi connectivity index (χ4n) is 2.42. The molecule has 18 heavy (non-hydrogen) atoms. The molecule has 100 valence electrons. The normalized spacial score (nSPS) is 23.3. The maximum atomic E-state index is 6.07. The molecule has 1 aromatic rings. The second-order valence-electron chi connectivity index (χ2n) is 5.25. The molecule has 3 N–H and O–H groups in total. The fraction of sp³-hybridized carbons (Fsp3) is 0.643. The van der Waals surface area contributed by atoms with Crippen molar-refractivity contribution in [2.75, 3.05) is 11.9 Å². The van der Waals surface area contributed by atoms with Crippen LogP contribution in [0.15, 0.2) is 18.3 Å². The van der Waals surface area contributed by atoms with Crippen LogP contribution in [0, 0.1) is 5.92 Å². The molecule has 2 atom stereocenters. The molecule has 1 aromatic heterocycles. The molecule has 1 saturated carbocycles. The maximum Gasteiger partial charge on any atom is 0.168 e. The van der Waals surface area contributed by atoms with Gasteiger partial charge in [-0.3, -0.25) is 0 Å². The molecular formula is C14H23N3O. The first kappa shape index (κ1) is 13.1. The van der Waals surface area contributed by atoms with Crippen LogP contribution in [-0.4, -0.2) is 23.7 Å². The van der Waals surface area contributed by atoms with Crippen molar-refractivity contribution in [2.45, 2.75) is 45.3 Å². The third-order valence-corrected chi connectivity index (χ3v) is 3.38. The topological polar surface area (TPSA) is 60.2 Å². The zero-order valence-corrected chi connectivity index (χ0v) is 11.2. The lowest BCUT2D eigenvalue weighted by atomic mass is 10.1. The Kier molecular flexibility index (Phi) is 4.42. The van der Waals surface area contributed by atoms with Crippen LogP contribution in [0.25, 0.3) is 0 Å². The van der Waals surface area contributed by atoms with Gasteiger partial charge in [0.15, 0.2) is 11.6 Å². The summed E-state index contributed by atoms with van der Waals surface area (Å²) in [5.74, 6) is 2.20. The van der Waals surface area contributed by atoms with Crippen molar-refractivity contribution < 1.29 is 4.74 Å². The minimum Gasteiger partial charge on any atom is -0.487 e. The summed E-state index contributed by atoms with van der Waals surface area (Å²) in [5.41, 5.74) is 6.07. The summed E-state index contributed by atoms with van der Waals surface area (Å²) in [6.07, 6.45) is 5.53. The zero-order chi connectivity index (χ0) is 13.0. The smallest absolute Gasteiger partial charge is 0.168 e. The van der Waals surface area contributed by atoms with E-state index in [-0.39, 0.29) is 6.10 Å².